The number of hydrogen-bond donors (Lipinski definition) is 1. The molecule has 1 heterocycles. The summed E-state index contributed by atoms with van der Waals surface area (Å²) in [6.07, 6.45) is 1.43. The lowest BCUT2D eigenvalue weighted by Gasteiger charge is -2.25. The number of carbonyl (C=O) groups is 1. The van der Waals surface area contributed by atoms with E-state index in [9.17, 15) is 4.79 Å². The maximum absolute atomic E-state index is 12.6. The first-order chi connectivity index (χ1) is 13.1. The average molecular weight is 368 g/mol. The second kappa shape index (κ2) is 9.53. The number of nitrogens with two attached hydrogens (primary N) is 1. The van der Waals surface area contributed by atoms with Crippen LogP contribution in [0.2, 0.25) is 0 Å². The highest BCUT2D eigenvalue weighted by Crippen LogP contribution is 2.16. The largest absolute Gasteiger partial charge is 0.489 e. The topological polar surface area (TPSA) is 64.8 Å². The zero-order chi connectivity index (χ0) is 19.1. The van der Waals surface area contributed by atoms with Crippen LogP contribution in [0.25, 0.3) is 0 Å². The van der Waals surface area contributed by atoms with E-state index in [0.29, 0.717) is 32.7 Å². The summed E-state index contributed by atoms with van der Waals surface area (Å²) in [5.74, 6) is 0.803. The minimum atomic E-state index is -0.536. The Morgan fingerprint density at radius 3 is 2.67 bits per heavy atom. The molecular weight excluding hydrogens is 340 g/mol. The van der Waals surface area contributed by atoms with Crippen molar-refractivity contribution >= 4 is 5.91 Å². The Morgan fingerprint density at radius 2 is 1.93 bits per heavy atom. The van der Waals surface area contributed by atoms with Gasteiger partial charge in [-0.25, -0.2) is 0 Å². The molecule has 0 spiro atoms. The zero-order valence-electron chi connectivity index (χ0n) is 15.8. The van der Waals surface area contributed by atoms with Crippen LogP contribution in [0.5, 0.6) is 5.75 Å². The van der Waals surface area contributed by atoms with Crippen LogP contribution in [0.3, 0.4) is 0 Å². The molecule has 5 nitrogen and oxygen atoms in total. The number of benzene rings is 2. The van der Waals surface area contributed by atoms with Crippen LogP contribution in [0, 0.1) is 0 Å². The van der Waals surface area contributed by atoms with Crippen LogP contribution >= 0.6 is 0 Å². The van der Waals surface area contributed by atoms with Crippen molar-refractivity contribution in [3.63, 3.8) is 0 Å². The summed E-state index contributed by atoms with van der Waals surface area (Å²) in [6, 6.07) is 17.3. The van der Waals surface area contributed by atoms with Crippen molar-refractivity contribution < 1.29 is 14.3 Å². The molecule has 0 aromatic heterocycles. The van der Waals surface area contributed by atoms with Gasteiger partial charge in [-0.1, -0.05) is 42.5 Å². The first-order valence-electron chi connectivity index (χ1n) is 9.53. The number of nitrogens with zero attached hydrogens (tertiary/aromatic N) is 1. The Hall–Kier alpha value is -2.37. The highest BCUT2D eigenvalue weighted by atomic mass is 16.5. The summed E-state index contributed by atoms with van der Waals surface area (Å²) in [4.78, 5) is 14.5. The first-order valence-corrected chi connectivity index (χ1v) is 9.53. The number of hydrogen-bond acceptors (Lipinski definition) is 4. The van der Waals surface area contributed by atoms with Crippen molar-refractivity contribution in [1.29, 1.82) is 0 Å². The third-order valence-corrected chi connectivity index (χ3v) is 4.71. The van der Waals surface area contributed by atoms with Crippen molar-refractivity contribution in [2.75, 3.05) is 19.7 Å². The van der Waals surface area contributed by atoms with E-state index in [1.54, 1.807) is 0 Å². The summed E-state index contributed by atoms with van der Waals surface area (Å²) in [6.45, 7) is 4.55. The molecule has 0 saturated carbocycles. The van der Waals surface area contributed by atoms with Gasteiger partial charge in [-0.15, -0.1) is 0 Å². The molecule has 2 atom stereocenters. The highest BCUT2D eigenvalue weighted by molar-refractivity contribution is 5.82. The smallest absolute Gasteiger partial charge is 0.239 e. The van der Waals surface area contributed by atoms with E-state index in [-0.39, 0.29) is 12.0 Å². The molecule has 3 rings (SSSR count). The molecule has 1 amide bonds. The van der Waals surface area contributed by atoms with Crippen molar-refractivity contribution in [2.24, 2.45) is 5.73 Å². The molecular formula is C22H28N2O3. The molecule has 1 fully saturated rings. The molecule has 1 aliphatic heterocycles. The molecule has 0 aliphatic carbocycles. The number of amides is 1. The minimum Gasteiger partial charge on any atom is -0.489 e. The number of ether oxygens (including phenoxy) is 2. The Bertz CT molecular complexity index is 718. The van der Waals surface area contributed by atoms with E-state index < -0.39 is 6.04 Å². The normalized spacial score (nSPS) is 18.6. The summed E-state index contributed by atoms with van der Waals surface area (Å²) >= 11 is 0. The van der Waals surface area contributed by atoms with Gasteiger partial charge in [-0.05, 0) is 43.0 Å². The van der Waals surface area contributed by atoms with Gasteiger partial charge in [0.15, 0.2) is 0 Å². The van der Waals surface area contributed by atoms with Gasteiger partial charge >= 0.3 is 0 Å². The van der Waals surface area contributed by atoms with Crippen molar-refractivity contribution in [3.8, 4) is 5.75 Å². The molecule has 2 aromatic carbocycles. The lowest BCUT2D eigenvalue weighted by molar-refractivity contribution is -0.133. The van der Waals surface area contributed by atoms with Crippen LogP contribution in [-0.2, 0) is 22.6 Å². The standard InChI is InChI=1S/C22H28N2O3/c1-17-15-24(12-5-13-26-17)22(25)21(23)14-18-8-10-20(11-9-18)27-16-19-6-3-2-4-7-19/h2-4,6-11,17,21H,5,12-16,23H2,1H3/t17?,21-/m0/s1. The SMILES string of the molecule is CC1CN(C(=O)[C@@H](N)Cc2ccc(OCc3ccccc3)cc2)CCCO1. The second-order valence-electron chi connectivity index (χ2n) is 7.05. The van der Waals surface area contributed by atoms with Gasteiger partial charge in [-0.2, -0.15) is 0 Å². The molecule has 27 heavy (non-hydrogen) atoms. The molecule has 1 aliphatic rings. The fourth-order valence-corrected chi connectivity index (χ4v) is 3.23. The lowest BCUT2D eigenvalue weighted by Crippen LogP contribution is -2.46. The fourth-order valence-electron chi connectivity index (χ4n) is 3.23. The van der Waals surface area contributed by atoms with E-state index in [1.807, 2.05) is 66.4 Å². The Balaban J connectivity index is 1.51. The van der Waals surface area contributed by atoms with Gasteiger partial charge in [0.25, 0.3) is 0 Å². The van der Waals surface area contributed by atoms with E-state index in [1.165, 1.54) is 0 Å². The molecule has 1 saturated heterocycles. The van der Waals surface area contributed by atoms with Crippen LogP contribution in [0.4, 0.5) is 0 Å². The van der Waals surface area contributed by atoms with Crippen LogP contribution in [0.15, 0.2) is 54.6 Å². The summed E-state index contributed by atoms with van der Waals surface area (Å²) in [7, 11) is 0. The van der Waals surface area contributed by atoms with E-state index in [4.69, 9.17) is 15.2 Å². The van der Waals surface area contributed by atoms with Crippen molar-refractivity contribution in [3.05, 3.63) is 65.7 Å². The molecule has 144 valence electrons. The predicted molar refractivity (Wildman–Crippen MR) is 106 cm³/mol. The number of rotatable bonds is 6. The molecule has 1 unspecified atom stereocenters. The Kier molecular flexibility index (Phi) is 6.85. The van der Waals surface area contributed by atoms with Crippen molar-refractivity contribution in [1.82, 2.24) is 4.90 Å². The monoisotopic (exact) mass is 368 g/mol. The van der Waals surface area contributed by atoms with Gasteiger partial charge in [0.1, 0.15) is 12.4 Å². The quantitative estimate of drug-likeness (QED) is 0.852. The summed E-state index contributed by atoms with van der Waals surface area (Å²) < 4.78 is 11.4. The van der Waals surface area contributed by atoms with Gasteiger partial charge in [0.05, 0.1) is 12.1 Å². The van der Waals surface area contributed by atoms with E-state index >= 15 is 0 Å². The summed E-state index contributed by atoms with van der Waals surface area (Å²) in [5.41, 5.74) is 8.35. The highest BCUT2D eigenvalue weighted by Gasteiger charge is 2.24. The molecule has 2 N–H and O–H groups in total. The van der Waals surface area contributed by atoms with Gasteiger partial charge < -0.3 is 20.1 Å². The number of carbonyl (C=O) groups excluding carboxylic acids is 1. The fraction of sp³-hybridized carbons (Fsp3) is 0.409. The first kappa shape index (κ1) is 19.4. The Morgan fingerprint density at radius 1 is 1.19 bits per heavy atom. The molecule has 2 aromatic rings. The van der Waals surface area contributed by atoms with Crippen LogP contribution in [-0.4, -0.2) is 42.6 Å². The van der Waals surface area contributed by atoms with Crippen LogP contribution in [0.1, 0.15) is 24.5 Å². The zero-order valence-corrected chi connectivity index (χ0v) is 15.8. The third kappa shape index (κ3) is 5.81. The van der Waals surface area contributed by atoms with Crippen molar-refractivity contribution in [2.45, 2.75) is 38.5 Å². The van der Waals surface area contributed by atoms with Gasteiger partial charge in [0, 0.05) is 19.7 Å². The predicted octanol–water partition coefficient (Wildman–Crippen LogP) is 2.77. The van der Waals surface area contributed by atoms with Gasteiger partial charge in [0.2, 0.25) is 5.91 Å². The van der Waals surface area contributed by atoms with Gasteiger partial charge in [-0.3, -0.25) is 4.79 Å². The second-order valence-corrected chi connectivity index (χ2v) is 7.05. The lowest BCUT2D eigenvalue weighted by atomic mass is 10.1. The maximum Gasteiger partial charge on any atom is 0.239 e. The third-order valence-electron chi connectivity index (χ3n) is 4.71. The Labute approximate surface area is 161 Å². The molecule has 0 bridgehead atoms. The molecule has 0 radical (unpaired) electrons. The minimum absolute atomic E-state index is 0.00301. The van der Waals surface area contributed by atoms with E-state index in [0.717, 1.165) is 23.3 Å². The molecule has 5 heteroatoms. The van der Waals surface area contributed by atoms with E-state index in [2.05, 4.69) is 0 Å². The summed E-state index contributed by atoms with van der Waals surface area (Å²) in [5, 5.41) is 0. The average Bonchev–Trinajstić information content (AvgIpc) is 2.92. The maximum atomic E-state index is 12.6. The van der Waals surface area contributed by atoms with Crippen LogP contribution < -0.4 is 10.5 Å².